The molecule has 1 heterocycles. The molecular formula is C12H19NS2. The van der Waals surface area contributed by atoms with E-state index in [4.69, 9.17) is 0 Å². The largest absolute Gasteiger partial charge is 0.296 e. The first-order chi connectivity index (χ1) is 7.40. The van der Waals surface area contributed by atoms with E-state index in [0.29, 0.717) is 0 Å². The minimum absolute atomic E-state index is 0.879. The highest BCUT2D eigenvalue weighted by molar-refractivity contribution is 7.80. The highest BCUT2D eigenvalue weighted by atomic mass is 32.1. The van der Waals surface area contributed by atoms with Crippen molar-refractivity contribution in [3.8, 4) is 0 Å². The zero-order chi connectivity index (χ0) is 10.5. The van der Waals surface area contributed by atoms with Crippen molar-refractivity contribution in [2.24, 2.45) is 0 Å². The van der Waals surface area contributed by atoms with E-state index < -0.39 is 0 Å². The Balaban J connectivity index is 1.78. The summed E-state index contributed by atoms with van der Waals surface area (Å²) in [5, 5.41) is 4.45. The number of thiol groups is 1. The third-order valence-corrected chi connectivity index (χ3v) is 3.93. The van der Waals surface area contributed by atoms with Gasteiger partial charge in [0.05, 0.1) is 0 Å². The summed E-state index contributed by atoms with van der Waals surface area (Å²) in [4.78, 5) is 2.64. The summed E-state index contributed by atoms with van der Waals surface area (Å²) in [6, 6.07) is 3.13. The van der Waals surface area contributed by atoms with Gasteiger partial charge in [0.2, 0.25) is 0 Å². The molecule has 0 bridgehead atoms. The minimum Gasteiger partial charge on any atom is -0.296 e. The van der Waals surface area contributed by atoms with Crippen LogP contribution in [-0.2, 0) is 6.54 Å². The molecule has 1 fully saturated rings. The van der Waals surface area contributed by atoms with Crippen molar-refractivity contribution >= 4 is 24.0 Å². The maximum Gasteiger partial charge on any atom is 0.0244 e. The van der Waals surface area contributed by atoms with Crippen LogP contribution < -0.4 is 0 Å². The van der Waals surface area contributed by atoms with E-state index >= 15 is 0 Å². The Bertz CT molecular complexity index is 267. The fourth-order valence-corrected chi connectivity index (χ4v) is 2.76. The Kier molecular flexibility index (Phi) is 4.54. The van der Waals surface area contributed by atoms with Crippen molar-refractivity contribution in [2.45, 2.75) is 38.3 Å². The van der Waals surface area contributed by atoms with Gasteiger partial charge in [-0.3, -0.25) is 4.90 Å². The zero-order valence-electron chi connectivity index (χ0n) is 9.06. The minimum atomic E-state index is 0.879. The van der Waals surface area contributed by atoms with Crippen LogP contribution in [0.4, 0.5) is 0 Å². The second-order valence-electron chi connectivity index (χ2n) is 4.26. The molecule has 1 aromatic heterocycles. The molecule has 0 unspecified atom stereocenters. The fourth-order valence-electron chi connectivity index (χ4n) is 1.87. The predicted octanol–water partition coefficient (Wildman–Crippen LogP) is 3.42. The van der Waals surface area contributed by atoms with Gasteiger partial charge in [-0.2, -0.15) is 24.0 Å². The van der Waals surface area contributed by atoms with Crippen molar-refractivity contribution in [3.05, 3.63) is 22.4 Å². The molecule has 1 aromatic rings. The molecule has 0 saturated heterocycles. The van der Waals surface area contributed by atoms with Crippen molar-refractivity contribution in [1.29, 1.82) is 0 Å². The van der Waals surface area contributed by atoms with Crippen LogP contribution in [0.25, 0.3) is 0 Å². The van der Waals surface area contributed by atoms with Crippen LogP contribution in [0, 0.1) is 0 Å². The van der Waals surface area contributed by atoms with E-state index in [9.17, 15) is 0 Å². The average Bonchev–Trinajstić information content (AvgIpc) is 2.97. The molecule has 15 heavy (non-hydrogen) atoms. The number of unbranched alkanes of at least 4 members (excludes halogenated alkanes) is 1. The smallest absolute Gasteiger partial charge is 0.0244 e. The lowest BCUT2D eigenvalue weighted by Crippen LogP contribution is -2.26. The number of thiophene rings is 1. The normalized spacial score (nSPS) is 16.1. The Hall–Kier alpha value is 0.01000. The average molecular weight is 241 g/mol. The van der Waals surface area contributed by atoms with Crippen molar-refractivity contribution in [3.63, 3.8) is 0 Å². The van der Waals surface area contributed by atoms with E-state index in [0.717, 1.165) is 18.3 Å². The molecule has 1 nitrogen and oxygen atoms in total. The molecule has 1 aliphatic rings. The van der Waals surface area contributed by atoms with Crippen LogP contribution in [0.1, 0.15) is 31.2 Å². The van der Waals surface area contributed by atoms with Gasteiger partial charge in [-0.25, -0.2) is 0 Å². The molecule has 0 atom stereocenters. The van der Waals surface area contributed by atoms with Crippen molar-refractivity contribution < 1.29 is 0 Å². The molecule has 0 radical (unpaired) electrons. The molecule has 1 saturated carbocycles. The molecular weight excluding hydrogens is 222 g/mol. The molecule has 0 N–H and O–H groups in total. The summed E-state index contributed by atoms with van der Waals surface area (Å²) in [7, 11) is 0. The van der Waals surface area contributed by atoms with E-state index in [2.05, 4.69) is 34.4 Å². The van der Waals surface area contributed by atoms with E-state index in [1.165, 1.54) is 37.8 Å². The molecule has 2 rings (SSSR count). The van der Waals surface area contributed by atoms with Crippen molar-refractivity contribution in [2.75, 3.05) is 12.3 Å². The second-order valence-corrected chi connectivity index (χ2v) is 5.49. The van der Waals surface area contributed by atoms with Crippen LogP contribution in [0.5, 0.6) is 0 Å². The summed E-state index contributed by atoms with van der Waals surface area (Å²) in [6.45, 7) is 2.40. The summed E-state index contributed by atoms with van der Waals surface area (Å²) in [5.74, 6) is 1.02. The molecule has 0 aliphatic heterocycles. The Labute approximate surface area is 102 Å². The van der Waals surface area contributed by atoms with Gasteiger partial charge in [0.25, 0.3) is 0 Å². The van der Waals surface area contributed by atoms with Gasteiger partial charge >= 0.3 is 0 Å². The highest BCUT2D eigenvalue weighted by Crippen LogP contribution is 2.28. The van der Waals surface area contributed by atoms with Crippen LogP contribution >= 0.6 is 24.0 Å². The summed E-state index contributed by atoms with van der Waals surface area (Å²) in [6.07, 6.45) is 5.36. The summed E-state index contributed by atoms with van der Waals surface area (Å²) < 4.78 is 0. The van der Waals surface area contributed by atoms with E-state index in [-0.39, 0.29) is 0 Å². The number of hydrogen-bond donors (Lipinski definition) is 1. The first-order valence-electron chi connectivity index (χ1n) is 5.76. The highest BCUT2D eigenvalue weighted by Gasteiger charge is 2.28. The van der Waals surface area contributed by atoms with Gasteiger partial charge < -0.3 is 0 Å². The van der Waals surface area contributed by atoms with Gasteiger partial charge in [0.1, 0.15) is 0 Å². The summed E-state index contributed by atoms with van der Waals surface area (Å²) in [5.41, 5.74) is 1.48. The fraction of sp³-hybridized carbons (Fsp3) is 0.667. The Morgan fingerprint density at radius 2 is 2.27 bits per heavy atom. The zero-order valence-corrected chi connectivity index (χ0v) is 10.8. The summed E-state index contributed by atoms with van der Waals surface area (Å²) >= 11 is 6.07. The topological polar surface area (TPSA) is 3.24 Å². The number of rotatable bonds is 7. The molecule has 84 valence electrons. The lowest BCUT2D eigenvalue weighted by Gasteiger charge is -2.21. The van der Waals surface area contributed by atoms with E-state index in [1.807, 2.05) is 0 Å². The molecule has 1 aliphatic carbocycles. The van der Waals surface area contributed by atoms with Crippen LogP contribution in [0.15, 0.2) is 16.8 Å². The van der Waals surface area contributed by atoms with Gasteiger partial charge in [-0.15, -0.1) is 0 Å². The standard InChI is InChI=1S/C12H19NS2/c14-7-2-1-6-13(12-3-4-12)9-11-5-8-15-10-11/h5,8,10,12,14H,1-4,6-7,9H2. The first kappa shape index (κ1) is 11.5. The maximum atomic E-state index is 4.26. The third-order valence-electron chi connectivity index (χ3n) is 2.88. The van der Waals surface area contributed by atoms with Gasteiger partial charge in [0, 0.05) is 12.6 Å². The molecule has 0 spiro atoms. The van der Waals surface area contributed by atoms with Crippen molar-refractivity contribution in [1.82, 2.24) is 4.90 Å². The number of hydrogen-bond acceptors (Lipinski definition) is 3. The van der Waals surface area contributed by atoms with E-state index in [1.54, 1.807) is 11.3 Å². The van der Waals surface area contributed by atoms with Crippen LogP contribution in [-0.4, -0.2) is 23.2 Å². The molecule has 0 aromatic carbocycles. The second kappa shape index (κ2) is 5.92. The molecule has 3 heteroatoms. The first-order valence-corrected chi connectivity index (χ1v) is 7.33. The van der Waals surface area contributed by atoms with Crippen LogP contribution in [0.3, 0.4) is 0 Å². The lowest BCUT2D eigenvalue weighted by molar-refractivity contribution is 0.251. The quantitative estimate of drug-likeness (QED) is 0.565. The third kappa shape index (κ3) is 3.82. The van der Waals surface area contributed by atoms with Gasteiger partial charge in [0.15, 0.2) is 0 Å². The van der Waals surface area contributed by atoms with Gasteiger partial charge in [-0.05, 0) is 60.4 Å². The number of nitrogens with zero attached hydrogens (tertiary/aromatic N) is 1. The maximum absolute atomic E-state index is 4.26. The molecule has 0 amide bonds. The SMILES string of the molecule is SCCCCN(Cc1ccsc1)C1CC1. The van der Waals surface area contributed by atoms with Gasteiger partial charge in [-0.1, -0.05) is 0 Å². The van der Waals surface area contributed by atoms with Crippen LogP contribution in [0.2, 0.25) is 0 Å². The lowest BCUT2D eigenvalue weighted by atomic mass is 10.2. The Morgan fingerprint density at radius 3 is 2.87 bits per heavy atom. The Morgan fingerprint density at radius 1 is 1.40 bits per heavy atom. The predicted molar refractivity (Wildman–Crippen MR) is 70.8 cm³/mol. The monoisotopic (exact) mass is 241 g/mol.